The molecule has 1 saturated heterocycles. The fourth-order valence-electron chi connectivity index (χ4n) is 5.23. The fraction of sp³-hybridized carbons (Fsp3) is 0.344. The summed E-state index contributed by atoms with van der Waals surface area (Å²) in [5.41, 5.74) is 7.56. The van der Waals surface area contributed by atoms with Crippen molar-refractivity contribution in [2.24, 2.45) is 0 Å². The lowest BCUT2D eigenvalue weighted by atomic mass is 10.00. The van der Waals surface area contributed by atoms with Crippen LogP contribution in [-0.4, -0.2) is 52.4 Å². The highest BCUT2D eigenvalue weighted by Gasteiger charge is 2.30. The van der Waals surface area contributed by atoms with Gasteiger partial charge in [0.2, 0.25) is 0 Å². The number of nitrogens with zero attached hydrogens (tertiary/aromatic N) is 5. The van der Waals surface area contributed by atoms with Crippen LogP contribution in [0.5, 0.6) is 0 Å². The van der Waals surface area contributed by atoms with Gasteiger partial charge in [0.1, 0.15) is 5.60 Å². The van der Waals surface area contributed by atoms with Crippen LogP contribution in [0.4, 0.5) is 10.5 Å². The number of hydrogen-bond acceptors (Lipinski definition) is 5. The van der Waals surface area contributed by atoms with Crippen LogP contribution in [-0.2, 0) is 4.74 Å². The lowest BCUT2D eigenvalue weighted by molar-refractivity contribution is 0.0210. The molecule has 0 N–H and O–H groups in total. The number of aromatic nitrogens is 2. The lowest BCUT2D eigenvalue weighted by Gasteiger charge is -2.39. The van der Waals surface area contributed by atoms with Crippen molar-refractivity contribution < 1.29 is 9.53 Å². The number of nitriles is 1. The van der Waals surface area contributed by atoms with E-state index in [2.05, 4.69) is 54.3 Å². The molecule has 2 aromatic heterocycles. The number of fused-ring (bicyclic) bond motifs is 1. The van der Waals surface area contributed by atoms with Gasteiger partial charge in [-0.25, -0.2) is 9.31 Å². The first-order valence-electron chi connectivity index (χ1n) is 13.4. The van der Waals surface area contributed by atoms with Crippen LogP contribution in [0.1, 0.15) is 44.7 Å². The highest BCUT2D eigenvalue weighted by atomic mass is 16.6. The van der Waals surface area contributed by atoms with Crippen molar-refractivity contribution in [3.8, 4) is 28.5 Å². The molecule has 0 spiro atoms. The van der Waals surface area contributed by atoms with Gasteiger partial charge in [-0.2, -0.15) is 10.4 Å². The molecule has 0 bridgehead atoms. The molecule has 0 aliphatic carbocycles. The van der Waals surface area contributed by atoms with Gasteiger partial charge in [-0.1, -0.05) is 42.0 Å². The van der Waals surface area contributed by atoms with Crippen LogP contribution in [0, 0.1) is 18.3 Å². The maximum atomic E-state index is 12.8. The summed E-state index contributed by atoms with van der Waals surface area (Å²) in [6.45, 7) is 9.37. The van der Waals surface area contributed by atoms with E-state index in [4.69, 9.17) is 9.84 Å². The van der Waals surface area contributed by atoms with Crippen LogP contribution in [0.2, 0.25) is 0 Å². The molecule has 1 atom stereocenters. The minimum absolute atomic E-state index is 0.0475. The predicted octanol–water partition coefficient (Wildman–Crippen LogP) is 6.68. The molecule has 4 aromatic rings. The molecule has 2 aromatic carbocycles. The summed E-state index contributed by atoms with van der Waals surface area (Å²) in [6.07, 6.45) is 3.46. The smallest absolute Gasteiger partial charge is 0.410 e. The monoisotopic (exact) mass is 521 g/mol. The first-order chi connectivity index (χ1) is 18.6. The second-order valence-electron chi connectivity index (χ2n) is 11.3. The Balaban J connectivity index is 1.56. The Bertz CT molecular complexity index is 1520. The van der Waals surface area contributed by atoms with Crippen molar-refractivity contribution in [2.45, 2.75) is 52.2 Å². The van der Waals surface area contributed by atoms with Crippen molar-refractivity contribution in [3.05, 3.63) is 78.0 Å². The van der Waals surface area contributed by atoms with E-state index in [1.807, 2.05) is 62.8 Å². The highest BCUT2D eigenvalue weighted by molar-refractivity contribution is 5.90. The quantitative estimate of drug-likeness (QED) is 0.299. The number of likely N-dealkylation sites (N-methyl/N-ethyl adjacent to an activating group) is 1. The molecule has 1 aliphatic rings. The molecule has 3 heterocycles. The molecular weight excluding hydrogens is 486 g/mol. The largest absolute Gasteiger partial charge is 0.444 e. The normalized spacial score (nSPS) is 15.7. The third-order valence-electron chi connectivity index (χ3n) is 7.27. The van der Waals surface area contributed by atoms with E-state index < -0.39 is 5.60 Å². The number of benzene rings is 2. The molecule has 39 heavy (non-hydrogen) atoms. The number of aryl methyl sites for hydroxylation is 1. The van der Waals surface area contributed by atoms with E-state index in [1.165, 1.54) is 5.56 Å². The summed E-state index contributed by atoms with van der Waals surface area (Å²) < 4.78 is 7.66. The molecule has 1 unspecified atom stereocenters. The van der Waals surface area contributed by atoms with Gasteiger partial charge in [0.15, 0.2) is 0 Å². The van der Waals surface area contributed by atoms with E-state index in [9.17, 15) is 10.1 Å². The number of amides is 1. The Hall–Kier alpha value is -4.31. The minimum atomic E-state index is -0.531. The lowest BCUT2D eigenvalue weighted by Crippen LogP contribution is -2.49. The van der Waals surface area contributed by atoms with Crippen LogP contribution >= 0.6 is 0 Å². The first-order valence-corrected chi connectivity index (χ1v) is 13.4. The van der Waals surface area contributed by atoms with Gasteiger partial charge in [-0.05, 0) is 70.4 Å². The van der Waals surface area contributed by atoms with Crippen LogP contribution in [0.3, 0.4) is 0 Å². The Labute approximate surface area is 230 Å². The molecule has 0 saturated carbocycles. The summed E-state index contributed by atoms with van der Waals surface area (Å²) in [5, 5.41) is 14.1. The van der Waals surface area contributed by atoms with Gasteiger partial charge in [-0.3, -0.25) is 0 Å². The van der Waals surface area contributed by atoms with Crippen molar-refractivity contribution in [3.63, 3.8) is 0 Å². The Morgan fingerprint density at radius 1 is 1.08 bits per heavy atom. The van der Waals surface area contributed by atoms with Crippen LogP contribution in [0.15, 0.2) is 66.9 Å². The average molecular weight is 522 g/mol. The van der Waals surface area contributed by atoms with Gasteiger partial charge in [0.05, 0.1) is 34.6 Å². The van der Waals surface area contributed by atoms with Gasteiger partial charge < -0.3 is 14.5 Å². The summed E-state index contributed by atoms with van der Waals surface area (Å²) in [7, 11) is 1.83. The van der Waals surface area contributed by atoms with Crippen molar-refractivity contribution in [2.75, 3.05) is 25.0 Å². The maximum absolute atomic E-state index is 12.8. The van der Waals surface area contributed by atoms with Crippen LogP contribution in [0.25, 0.3) is 27.9 Å². The van der Waals surface area contributed by atoms with Crippen molar-refractivity contribution in [1.29, 1.82) is 5.26 Å². The second-order valence-corrected chi connectivity index (χ2v) is 11.3. The summed E-state index contributed by atoms with van der Waals surface area (Å²) in [4.78, 5) is 16.9. The number of rotatable bonds is 4. The van der Waals surface area contributed by atoms with Crippen LogP contribution < -0.4 is 4.90 Å². The molecule has 5 rings (SSSR count). The maximum Gasteiger partial charge on any atom is 0.410 e. The number of ether oxygens (including phenoxy) is 1. The third kappa shape index (κ3) is 5.46. The summed E-state index contributed by atoms with van der Waals surface area (Å²) >= 11 is 0. The molecule has 0 radical (unpaired) electrons. The van der Waals surface area contributed by atoms with E-state index in [-0.39, 0.29) is 12.1 Å². The highest BCUT2D eigenvalue weighted by Crippen LogP contribution is 2.38. The van der Waals surface area contributed by atoms with Crippen molar-refractivity contribution >= 4 is 17.3 Å². The van der Waals surface area contributed by atoms with E-state index in [0.717, 1.165) is 53.0 Å². The first kappa shape index (κ1) is 26.3. The SMILES string of the molecule is Cc1ccc(-c2c(-c3ccc(C#N)cc3)cc3c(N4CCCC(N(C)C(=O)OC(C)(C)C)C4)ccnn23)cc1. The second kappa shape index (κ2) is 10.5. The summed E-state index contributed by atoms with van der Waals surface area (Å²) in [6, 6.07) is 22.7. The number of hydrogen-bond donors (Lipinski definition) is 0. The number of carbonyl (C=O) groups excluding carboxylic acids is 1. The Morgan fingerprint density at radius 3 is 2.44 bits per heavy atom. The molecule has 7 nitrogen and oxygen atoms in total. The molecule has 1 amide bonds. The third-order valence-corrected chi connectivity index (χ3v) is 7.27. The zero-order valence-corrected chi connectivity index (χ0v) is 23.3. The standard InChI is InChI=1S/C32H35N5O2/c1-22-8-12-25(13-9-22)30-27(24-14-10-23(20-33)11-15-24)19-29-28(16-17-34-37(29)30)36-18-6-7-26(21-36)35(5)31(38)39-32(2,3)4/h8-17,19,26H,6-7,18,21H2,1-5H3. The number of carbonyl (C=O) groups is 1. The van der Waals surface area contributed by atoms with Gasteiger partial charge in [0.25, 0.3) is 0 Å². The average Bonchev–Trinajstić information content (AvgIpc) is 3.32. The molecular formula is C32H35N5O2. The Morgan fingerprint density at radius 2 is 1.77 bits per heavy atom. The van der Waals surface area contributed by atoms with Crippen molar-refractivity contribution in [1.82, 2.24) is 14.5 Å². The van der Waals surface area contributed by atoms with Gasteiger partial charge in [-0.15, -0.1) is 0 Å². The van der Waals surface area contributed by atoms with E-state index in [1.54, 1.807) is 4.90 Å². The number of piperidine rings is 1. The number of anilines is 1. The zero-order chi connectivity index (χ0) is 27.7. The predicted molar refractivity (Wildman–Crippen MR) is 155 cm³/mol. The van der Waals surface area contributed by atoms with E-state index >= 15 is 0 Å². The zero-order valence-electron chi connectivity index (χ0n) is 23.3. The van der Waals surface area contributed by atoms with Gasteiger partial charge in [0, 0.05) is 37.5 Å². The summed E-state index contributed by atoms with van der Waals surface area (Å²) in [5.74, 6) is 0. The molecule has 1 fully saturated rings. The fourth-order valence-corrected chi connectivity index (χ4v) is 5.23. The minimum Gasteiger partial charge on any atom is -0.444 e. The molecule has 1 aliphatic heterocycles. The Kier molecular flexibility index (Phi) is 7.05. The van der Waals surface area contributed by atoms with E-state index in [0.29, 0.717) is 12.1 Å². The molecule has 200 valence electrons. The van der Waals surface area contributed by atoms with Gasteiger partial charge >= 0.3 is 6.09 Å². The molecule has 7 heteroatoms. The topological polar surface area (TPSA) is 73.9 Å².